The van der Waals surface area contributed by atoms with Crippen LogP contribution in [0.2, 0.25) is 0 Å². The van der Waals surface area contributed by atoms with E-state index in [0.29, 0.717) is 18.0 Å². The van der Waals surface area contributed by atoms with Crippen molar-refractivity contribution < 1.29 is 0 Å². The average molecular weight is 288 g/mol. The van der Waals surface area contributed by atoms with E-state index < -0.39 is 0 Å². The van der Waals surface area contributed by atoms with Crippen molar-refractivity contribution >= 4 is 0 Å². The van der Waals surface area contributed by atoms with Gasteiger partial charge in [-0.1, -0.05) is 45.0 Å². The van der Waals surface area contributed by atoms with Gasteiger partial charge in [0, 0.05) is 18.6 Å². The Hall–Kier alpha value is -0.860. The van der Waals surface area contributed by atoms with Crippen LogP contribution < -0.4 is 5.32 Å². The summed E-state index contributed by atoms with van der Waals surface area (Å²) in [7, 11) is 2.27. The molecule has 21 heavy (non-hydrogen) atoms. The highest BCUT2D eigenvalue weighted by molar-refractivity contribution is 5.27. The lowest BCUT2D eigenvalue weighted by molar-refractivity contribution is 0.210. The van der Waals surface area contributed by atoms with Crippen LogP contribution in [0.25, 0.3) is 0 Å². The standard InChI is InChI=1S/C19H32N2/c1-6-20-19(13-21(5)15(4)17-9-10-17)18-11-7-16(8-12-18)14(2)3/h7-8,11-12,14-15,17,19-20H,6,9-10,13H2,1-5H3. The molecule has 0 saturated heterocycles. The number of benzene rings is 1. The molecule has 0 radical (unpaired) electrons. The summed E-state index contributed by atoms with van der Waals surface area (Å²) in [5.41, 5.74) is 2.84. The smallest absolute Gasteiger partial charge is 0.0449 e. The molecule has 0 heterocycles. The van der Waals surface area contributed by atoms with Crippen molar-refractivity contribution in [1.82, 2.24) is 10.2 Å². The van der Waals surface area contributed by atoms with Crippen molar-refractivity contribution in [1.29, 1.82) is 0 Å². The molecule has 2 nitrogen and oxygen atoms in total. The summed E-state index contributed by atoms with van der Waals surface area (Å²) < 4.78 is 0. The lowest BCUT2D eigenvalue weighted by Crippen LogP contribution is -2.38. The molecule has 118 valence electrons. The van der Waals surface area contributed by atoms with Gasteiger partial charge in [0.1, 0.15) is 0 Å². The molecule has 1 aromatic rings. The van der Waals surface area contributed by atoms with Crippen molar-refractivity contribution in [3.8, 4) is 0 Å². The molecule has 0 aliphatic heterocycles. The molecule has 0 spiro atoms. The van der Waals surface area contributed by atoms with Crippen molar-refractivity contribution in [2.24, 2.45) is 5.92 Å². The van der Waals surface area contributed by atoms with Crippen LogP contribution in [0.5, 0.6) is 0 Å². The van der Waals surface area contributed by atoms with E-state index in [0.717, 1.165) is 19.0 Å². The Morgan fingerprint density at radius 1 is 1.10 bits per heavy atom. The van der Waals surface area contributed by atoms with Crippen molar-refractivity contribution in [3.05, 3.63) is 35.4 Å². The number of likely N-dealkylation sites (N-methyl/N-ethyl adjacent to an activating group) is 2. The van der Waals surface area contributed by atoms with E-state index in [4.69, 9.17) is 0 Å². The Labute approximate surface area is 130 Å². The summed E-state index contributed by atoms with van der Waals surface area (Å²) in [5, 5.41) is 3.65. The van der Waals surface area contributed by atoms with Crippen LogP contribution in [0.1, 0.15) is 63.6 Å². The average Bonchev–Trinajstić information content (AvgIpc) is 3.30. The summed E-state index contributed by atoms with van der Waals surface area (Å²) in [6, 6.07) is 10.3. The maximum absolute atomic E-state index is 3.65. The highest BCUT2D eigenvalue weighted by Gasteiger charge is 2.31. The second-order valence-corrected chi connectivity index (χ2v) is 6.95. The molecule has 2 heteroatoms. The zero-order valence-corrected chi connectivity index (χ0v) is 14.4. The quantitative estimate of drug-likeness (QED) is 0.771. The fourth-order valence-electron chi connectivity index (χ4n) is 3.04. The third-order valence-corrected chi connectivity index (χ3v) is 4.93. The van der Waals surface area contributed by atoms with Crippen LogP contribution >= 0.6 is 0 Å². The molecule has 2 rings (SSSR count). The Kier molecular flexibility index (Phi) is 5.83. The maximum atomic E-state index is 3.65. The zero-order chi connectivity index (χ0) is 15.4. The van der Waals surface area contributed by atoms with Gasteiger partial charge in [-0.15, -0.1) is 0 Å². The van der Waals surface area contributed by atoms with Gasteiger partial charge in [-0.2, -0.15) is 0 Å². The topological polar surface area (TPSA) is 15.3 Å². The van der Waals surface area contributed by atoms with E-state index in [1.54, 1.807) is 0 Å². The zero-order valence-electron chi connectivity index (χ0n) is 14.4. The van der Waals surface area contributed by atoms with Crippen molar-refractivity contribution in [3.63, 3.8) is 0 Å². The predicted molar refractivity (Wildman–Crippen MR) is 91.8 cm³/mol. The molecule has 1 aromatic carbocycles. The summed E-state index contributed by atoms with van der Waals surface area (Å²) in [6.45, 7) is 11.2. The van der Waals surface area contributed by atoms with Crippen molar-refractivity contribution in [2.75, 3.05) is 20.1 Å². The minimum absolute atomic E-state index is 0.433. The van der Waals surface area contributed by atoms with Gasteiger partial charge in [-0.05, 0) is 56.3 Å². The molecule has 0 aromatic heterocycles. The highest BCUT2D eigenvalue weighted by Crippen LogP contribution is 2.35. The van der Waals surface area contributed by atoms with E-state index in [-0.39, 0.29) is 0 Å². The summed E-state index contributed by atoms with van der Waals surface area (Å²) in [5.74, 6) is 1.54. The highest BCUT2D eigenvalue weighted by atomic mass is 15.2. The predicted octanol–water partition coefficient (Wildman–Crippen LogP) is 4.19. The second kappa shape index (κ2) is 7.42. The number of nitrogens with zero attached hydrogens (tertiary/aromatic N) is 1. The van der Waals surface area contributed by atoms with Crippen LogP contribution in [0, 0.1) is 5.92 Å². The van der Waals surface area contributed by atoms with Gasteiger partial charge in [0.15, 0.2) is 0 Å². The van der Waals surface area contributed by atoms with Gasteiger partial charge in [0.25, 0.3) is 0 Å². The number of hydrogen-bond acceptors (Lipinski definition) is 2. The first kappa shape index (κ1) is 16.5. The van der Waals surface area contributed by atoms with Gasteiger partial charge in [-0.3, -0.25) is 0 Å². The molecule has 0 bridgehead atoms. The van der Waals surface area contributed by atoms with Gasteiger partial charge < -0.3 is 10.2 Å². The van der Waals surface area contributed by atoms with Gasteiger partial charge in [0.2, 0.25) is 0 Å². The number of hydrogen-bond donors (Lipinski definition) is 1. The van der Waals surface area contributed by atoms with E-state index >= 15 is 0 Å². The van der Waals surface area contributed by atoms with Crippen LogP contribution in [0.3, 0.4) is 0 Å². The Bertz CT molecular complexity index is 420. The van der Waals surface area contributed by atoms with Gasteiger partial charge in [0.05, 0.1) is 0 Å². The van der Waals surface area contributed by atoms with Gasteiger partial charge in [-0.25, -0.2) is 0 Å². The normalized spacial score (nSPS) is 18.2. The lowest BCUT2D eigenvalue weighted by atomic mass is 9.98. The fourth-order valence-corrected chi connectivity index (χ4v) is 3.04. The third kappa shape index (κ3) is 4.55. The number of rotatable bonds is 8. The fraction of sp³-hybridized carbons (Fsp3) is 0.684. The molecule has 2 atom stereocenters. The first-order valence-corrected chi connectivity index (χ1v) is 8.56. The Balaban J connectivity index is 2.02. The van der Waals surface area contributed by atoms with Crippen LogP contribution in [0.4, 0.5) is 0 Å². The second-order valence-electron chi connectivity index (χ2n) is 6.95. The Morgan fingerprint density at radius 3 is 2.14 bits per heavy atom. The van der Waals surface area contributed by atoms with Crippen LogP contribution in [-0.4, -0.2) is 31.1 Å². The van der Waals surface area contributed by atoms with Crippen LogP contribution in [0.15, 0.2) is 24.3 Å². The molecular weight excluding hydrogens is 256 g/mol. The minimum atomic E-state index is 0.433. The first-order valence-electron chi connectivity index (χ1n) is 8.56. The number of nitrogens with one attached hydrogen (secondary N) is 1. The summed E-state index contributed by atoms with van der Waals surface area (Å²) >= 11 is 0. The van der Waals surface area contributed by atoms with Gasteiger partial charge >= 0.3 is 0 Å². The largest absolute Gasteiger partial charge is 0.309 e. The minimum Gasteiger partial charge on any atom is -0.309 e. The van der Waals surface area contributed by atoms with E-state index in [1.807, 2.05) is 0 Å². The molecule has 1 aliphatic rings. The van der Waals surface area contributed by atoms with E-state index in [9.17, 15) is 0 Å². The molecule has 2 unspecified atom stereocenters. The Morgan fingerprint density at radius 2 is 1.67 bits per heavy atom. The molecule has 1 saturated carbocycles. The monoisotopic (exact) mass is 288 g/mol. The third-order valence-electron chi connectivity index (χ3n) is 4.93. The maximum Gasteiger partial charge on any atom is 0.0449 e. The SMILES string of the molecule is CCNC(CN(C)C(C)C1CC1)c1ccc(C(C)C)cc1. The summed E-state index contributed by atoms with van der Waals surface area (Å²) in [4.78, 5) is 2.53. The van der Waals surface area contributed by atoms with Crippen molar-refractivity contribution in [2.45, 2.75) is 58.5 Å². The molecule has 0 amide bonds. The van der Waals surface area contributed by atoms with Crippen LogP contribution in [-0.2, 0) is 0 Å². The van der Waals surface area contributed by atoms with E-state index in [1.165, 1.54) is 24.0 Å². The van der Waals surface area contributed by atoms with E-state index in [2.05, 4.69) is 69.2 Å². The molecule has 1 fully saturated rings. The summed E-state index contributed by atoms with van der Waals surface area (Å²) in [6.07, 6.45) is 2.83. The first-order chi connectivity index (χ1) is 10.0. The lowest BCUT2D eigenvalue weighted by Gasteiger charge is -2.30. The molecular formula is C19H32N2. The molecule has 1 N–H and O–H groups in total. The molecule has 1 aliphatic carbocycles.